The first-order valence-electron chi connectivity index (χ1n) is 6.03. The first-order valence-corrected chi connectivity index (χ1v) is 6.85. The van der Waals surface area contributed by atoms with Crippen LogP contribution >= 0.6 is 11.8 Å². The monoisotopic (exact) mass is 258 g/mol. The molecule has 1 aromatic carbocycles. The van der Waals surface area contributed by atoms with E-state index in [0.29, 0.717) is 0 Å². The maximum Gasteiger partial charge on any atom is 0.105 e. The van der Waals surface area contributed by atoms with Crippen LogP contribution in [0.5, 0.6) is 0 Å². The van der Waals surface area contributed by atoms with Crippen molar-refractivity contribution in [1.82, 2.24) is 4.98 Å². The van der Waals surface area contributed by atoms with Gasteiger partial charge >= 0.3 is 0 Å². The van der Waals surface area contributed by atoms with Crippen molar-refractivity contribution in [3.8, 4) is 0 Å². The summed E-state index contributed by atoms with van der Waals surface area (Å²) in [5, 5.41) is 0.999. The highest BCUT2D eigenvalue weighted by molar-refractivity contribution is 7.99. The molecule has 0 fully saturated rings. The molecule has 1 heterocycles. The number of hydrogen-bond acceptors (Lipinski definition) is 3. The van der Waals surface area contributed by atoms with Crippen molar-refractivity contribution in [3.05, 3.63) is 53.2 Å². The molecule has 2 N–H and O–H groups in total. The molecule has 1 atom stereocenters. The number of pyridine rings is 1. The maximum atomic E-state index is 5.98. The van der Waals surface area contributed by atoms with Crippen molar-refractivity contribution in [2.75, 3.05) is 0 Å². The Bertz CT molecular complexity index is 550. The van der Waals surface area contributed by atoms with E-state index in [4.69, 9.17) is 5.73 Å². The topological polar surface area (TPSA) is 38.9 Å². The molecule has 3 heteroatoms. The van der Waals surface area contributed by atoms with Gasteiger partial charge in [-0.2, -0.15) is 0 Å². The lowest BCUT2D eigenvalue weighted by Crippen LogP contribution is -2.07. The second kappa shape index (κ2) is 5.55. The molecule has 1 unspecified atom stereocenters. The van der Waals surface area contributed by atoms with Crippen molar-refractivity contribution in [2.24, 2.45) is 5.73 Å². The molecule has 0 saturated heterocycles. The number of nitrogens with zero attached hydrogens (tertiary/aromatic N) is 1. The van der Waals surface area contributed by atoms with Crippen LogP contribution in [0.2, 0.25) is 0 Å². The summed E-state index contributed by atoms with van der Waals surface area (Å²) in [5.41, 5.74) is 9.64. The van der Waals surface area contributed by atoms with Crippen LogP contribution in [0.1, 0.15) is 29.7 Å². The number of benzene rings is 1. The Kier molecular flexibility index (Phi) is 4.04. The van der Waals surface area contributed by atoms with Gasteiger partial charge < -0.3 is 5.73 Å². The van der Waals surface area contributed by atoms with Gasteiger partial charge in [0.1, 0.15) is 5.03 Å². The number of hydrogen-bond donors (Lipinski definition) is 1. The Morgan fingerprint density at radius 1 is 1.22 bits per heavy atom. The lowest BCUT2D eigenvalue weighted by atomic mass is 10.2. The third-order valence-electron chi connectivity index (χ3n) is 2.83. The molecular formula is C15H18N2S. The zero-order valence-corrected chi connectivity index (χ0v) is 11.8. The summed E-state index contributed by atoms with van der Waals surface area (Å²) in [6, 6.07) is 10.5. The highest BCUT2D eigenvalue weighted by atomic mass is 32.2. The van der Waals surface area contributed by atoms with Crippen molar-refractivity contribution < 1.29 is 0 Å². The van der Waals surface area contributed by atoms with Gasteiger partial charge in [-0.25, -0.2) is 4.98 Å². The summed E-state index contributed by atoms with van der Waals surface area (Å²) in [5.74, 6) is 0. The van der Waals surface area contributed by atoms with Gasteiger partial charge in [-0.3, -0.25) is 0 Å². The van der Waals surface area contributed by atoms with E-state index in [0.717, 1.165) is 10.6 Å². The maximum absolute atomic E-state index is 5.98. The Morgan fingerprint density at radius 2 is 2.00 bits per heavy atom. The van der Waals surface area contributed by atoms with Gasteiger partial charge in [0.25, 0.3) is 0 Å². The molecule has 2 nitrogen and oxygen atoms in total. The van der Waals surface area contributed by atoms with Crippen molar-refractivity contribution in [3.63, 3.8) is 0 Å². The minimum atomic E-state index is 0.00644. The highest BCUT2D eigenvalue weighted by Gasteiger charge is 2.10. The fraction of sp³-hybridized carbons (Fsp3) is 0.267. The van der Waals surface area contributed by atoms with Crippen molar-refractivity contribution >= 4 is 11.8 Å². The fourth-order valence-electron chi connectivity index (χ4n) is 1.85. The molecule has 0 bridgehead atoms. The third-order valence-corrected chi connectivity index (χ3v) is 4.04. The summed E-state index contributed by atoms with van der Waals surface area (Å²) < 4.78 is 0. The van der Waals surface area contributed by atoms with Crippen LogP contribution in [-0.4, -0.2) is 4.98 Å². The molecule has 0 aliphatic rings. The van der Waals surface area contributed by atoms with Gasteiger partial charge in [0.2, 0.25) is 0 Å². The molecule has 2 rings (SSSR count). The van der Waals surface area contributed by atoms with Gasteiger partial charge in [0, 0.05) is 22.7 Å². The number of aryl methyl sites for hydroxylation is 2. The van der Waals surface area contributed by atoms with E-state index in [1.54, 1.807) is 11.8 Å². The molecule has 94 valence electrons. The quantitative estimate of drug-likeness (QED) is 0.908. The van der Waals surface area contributed by atoms with Crippen LogP contribution in [0.3, 0.4) is 0 Å². The molecular weight excluding hydrogens is 240 g/mol. The van der Waals surface area contributed by atoms with Crippen LogP contribution in [-0.2, 0) is 0 Å². The van der Waals surface area contributed by atoms with E-state index >= 15 is 0 Å². The third kappa shape index (κ3) is 2.92. The lowest BCUT2D eigenvalue weighted by Gasteiger charge is -2.12. The Labute approximate surface area is 113 Å². The highest BCUT2D eigenvalue weighted by Crippen LogP contribution is 2.33. The van der Waals surface area contributed by atoms with E-state index in [1.807, 2.05) is 25.3 Å². The van der Waals surface area contributed by atoms with Gasteiger partial charge in [0.15, 0.2) is 0 Å². The SMILES string of the molecule is Cc1ccc(Sc2ncccc2C(C)N)c(C)c1. The molecule has 0 spiro atoms. The van der Waals surface area contributed by atoms with E-state index < -0.39 is 0 Å². The summed E-state index contributed by atoms with van der Waals surface area (Å²) in [4.78, 5) is 5.68. The smallest absolute Gasteiger partial charge is 0.105 e. The predicted octanol–water partition coefficient (Wildman–Crippen LogP) is 3.87. The number of rotatable bonds is 3. The Morgan fingerprint density at radius 3 is 2.67 bits per heavy atom. The largest absolute Gasteiger partial charge is 0.324 e. The van der Waals surface area contributed by atoms with E-state index in [2.05, 4.69) is 37.0 Å². The van der Waals surface area contributed by atoms with Gasteiger partial charge in [-0.15, -0.1) is 0 Å². The average Bonchev–Trinajstić information content (AvgIpc) is 2.33. The Hall–Kier alpha value is -1.32. The van der Waals surface area contributed by atoms with Crippen molar-refractivity contribution in [2.45, 2.75) is 36.7 Å². The first-order chi connectivity index (χ1) is 8.58. The van der Waals surface area contributed by atoms with Crippen LogP contribution in [0.15, 0.2) is 46.5 Å². The van der Waals surface area contributed by atoms with Crippen molar-refractivity contribution in [1.29, 1.82) is 0 Å². The standard InChI is InChI=1S/C15H18N2S/c1-10-6-7-14(11(2)9-10)18-15-13(12(3)16)5-4-8-17-15/h4-9,12H,16H2,1-3H3. The zero-order chi connectivity index (χ0) is 13.1. The molecule has 18 heavy (non-hydrogen) atoms. The number of nitrogens with two attached hydrogens (primary N) is 1. The second-order valence-corrected chi connectivity index (χ2v) is 5.59. The summed E-state index contributed by atoms with van der Waals surface area (Å²) in [7, 11) is 0. The molecule has 0 radical (unpaired) electrons. The molecule has 0 aliphatic carbocycles. The van der Waals surface area contributed by atoms with Gasteiger partial charge in [0.05, 0.1) is 0 Å². The molecule has 0 amide bonds. The summed E-state index contributed by atoms with van der Waals surface area (Å²) in [6.45, 7) is 6.22. The van der Waals surface area contributed by atoms with Crippen LogP contribution in [0.4, 0.5) is 0 Å². The van der Waals surface area contributed by atoms with Crippen LogP contribution < -0.4 is 5.73 Å². The van der Waals surface area contributed by atoms with E-state index in [1.165, 1.54) is 16.0 Å². The normalized spacial score (nSPS) is 12.4. The number of aromatic nitrogens is 1. The molecule has 1 aromatic heterocycles. The predicted molar refractivity (Wildman–Crippen MR) is 76.9 cm³/mol. The van der Waals surface area contributed by atoms with E-state index in [-0.39, 0.29) is 6.04 Å². The zero-order valence-electron chi connectivity index (χ0n) is 11.0. The Balaban J connectivity index is 2.34. The lowest BCUT2D eigenvalue weighted by molar-refractivity contribution is 0.779. The molecule has 2 aromatic rings. The summed E-state index contributed by atoms with van der Waals surface area (Å²) >= 11 is 1.69. The average molecular weight is 258 g/mol. The fourth-order valence-corrected chi connectivity index (χ4v) is 2.90. The first kappa shape index (κ1) is 13.1. The molecule has 0 saturated carbocycles. The van der Waals surface area contributed by atoms with Gasteiger partial charge in [-0.1, -0.05) is 35.5 Å². The minimum Gasteiger partial charge on any atom is -0.324 e. The summed E-state index contributed by atoms with van der Waals surface area (Å²) in [6.07, 6.45) is 1.82. The minimum absolute atomic E-state index is 0.00644. The van der Waals surface area contributed by atoms with E-state index in [9.17, 15) is 0 Å². The van der Waals surface area contributed by atoms with Crippen LogP contribution in [0.25, 0.3) is 0 Å². The second-order valence-electron chi connectivity index (χ2n) is 4.56. The van der Waals surface area contributed by atoms with Gasteiger partial charge in [-0.05, 0) is 38.5 Å². The van der Waals surface area contributed by atoms with Crippen LogP contribution in [0, 0.1) is 13.8 Å². The molecule has 0 aliphatic heterocycles.